The van der Waals surface area contributed by atoms with Gasteiger partial charge in [-0.25, -0.2) is 4.85 Å². The van der Waals surface area contributed by atoms with Crippen molar-refractivity contribution in [2.75, 3.05) is 64.1 Å². The maximum atomic E-state index is 14.5. The number of carbonyl (C=O) groups excluding carboxylic acids is 2. The van der Waals surface area contributed by atoms with Gasteiger partial charge in [0.1, 0.15) is 42.6 Å². The van der Waals surface area contributed by atoms with Crippen LogP contribution in [0.15, 0.2) is 88.9 Å². The number of Topliss-reactive ketones (excluding diaryl/α,β-unsaturated/α-hetero) is 1. The molecule has 24 nitrogen and oxygen atoms in total. The molecule has 8 saturated heterocycles. The van der Waals surface area contributed by atoms with Crippen molar-refractivity contribution in [3.05, 3.63) is 106 Å². The Kier molecular flexibility index (Phi) is 21.0. The van der Waals surface area contributed by atoms with E-state index in [1.807, 2.05) is 6.08 Å². The molecule has 10 aliphatic rings. The number of methoxy groups -OCH3 is 1. The minimum absolute atomic E-state index is 0.00205. The lowest BCUT2D eigenvalue weighted by Gasteiger charge is -2.47. The predicted molar refractivity (Wildman–Crippen MR) is 314 cm³/mol. The monoisotopic (exact) mass is 1240 g/mol. The maximum Gasteiger partial charge on any atom is 0.306 e. The van der Waals surface area contributed by atoms with E-state index in [2.05, 4.69) is 39.9 Å². The van der Waals surface area contributed by atoms with Gasteiger partial charge in [0.2, 0.25) is 5.69 Å². The molecular formula is C63H82N6O18S. The summed E-state index contributed by atoms with van der Waals surface area (Å²) in [5, 5.41) is 14.7. The van der Waals surface area contributed by atoms with Gasteiger partial charge in [0.15, 0.2) is 16.9 Å². The molecule has 0 unspecified atom stereocenters. The lowest BCUT2D eigenvalue weighted by atomic mass is 9.81. The highest BCUT2D eigenvalue weighted by Gasteiger charge is 2.66. The SMILES string of the molecule is [C-]#[N+]c1ccc(S(=O)(=O)N(CCOCCOCCOCCN=[N+]=[N-])c2ccc(COC(=O)CC[C@@H](O)C[C@H]3O[C@H]4C[C@H]5O[C@@H](CC[C@@H]6O[C@@H](CC[C@@]78C=C9O[C@H]%10[C@@H](O7)[C@H]7O[C@H](CC[C@@H]7O[C@H]%10[C@H]9O8)CC(=O)C[C@@H]4[C@H]3OC)CC6=C)C[C@@H](C)C5=C)cc2)nc1. The highest BCUT2D eigenvalue weighted by atomic mass is 32.2. The highest BCUT2D eigenvalue weighted by molar-refractivity contribution is 7.92. The molecule has 12 rings (SSSR count). The van der Waals surface area contributed by atoms with Gasteiger partial charge in [-0.3, -0.25) is 18.9 Å². The molecule has 1 N–H and O–H groups in total. The second kappa shape index (κ2) is 28.8. The fourth-order valence-electron chi connectivity index (χ4n) is 14.1. The van der Waals surface area contributed by atoms with Crippen LogP contribution < -0.4 is 4.31 Å². The van der Waals surface area contributed by atoms with Gasteiger partial charge in [-0.15, -0.1) is 0 Å². The number of pyridine rings is 1. The van der Waals surface area contributed by atoms with Crippen molar-refractivity contribution in [2.24, 2.45) is 17.0 Å². The van der Waals surface area contributed by atoms with Crippen molar-refractivity contribution in [3.63, 3.8) is 0 Å². The molecular weight excluding hydrogens is 1160 g/mol. The number of rotatable bonds is 23. The first-order valence-corrected chi connectivity index (χ1v) is 32.5. The summed E-state index contributed by atoms with van der Waals surface area (Å²) >= 11 is 0. The molecule has 0 amide bonds. The number of carbonyl (C=O) groups is 2. The number of sulfonamides is 1. The lowest BCUT2D eigenvalue weighted by molar-refractivity contribution is -0.285. The van der Waals surface area contributed by atoms with Crippen LogP contribution in [-0.4, -0.2) is 187 Å². The number of esters is 1. The minimum Gasteiger partial charge on any atom is -0.486 e. The Morgan fingerprint density at radius 3 is 2.39 bits per heavy atom. The van der Waals surface area contributed by atoms with Crippen LogP contribution in [0.25, 0.3) is 15.3 Å². The van der Waals surface area contributed by atoms with Gasteiger partial charge in [0.25, 0.3) is 10.0 Å². The smallest absolute Gasteiger partial charge is 0.306 e. The summed E-state index contributed by atoms with van der Waals surface area (Å²) < 4.78 is 112. The Bertz CT molecular complexity index is 3030. The van der Waals surface area contributed by atoms with Crippen molar-refractivity contribution < 1.29 is 84.7 Å². The standard InChI is InChI=1S/C63H82N6O18S/c1-37-28-45-12-14-49-38(2)29-47(80-49)18-19-63-34-54-59(86-63)60-61(85-54)62(87-63)58-50(84-60)15-13-46(82-58)30-44(71)31-48-52(33-51(81-45)39(37)3)83-53(57(48)75-5)32-43(70)11-17-56(72)79-36-40-6-9-42(10-7-40)69(88(73,74)55-16-8-41(65-4)35-66-55)21-23-77-25-27-78-26-24-76-22-20-67-68-64/h6-10,16,34-35,37,43,45-53,57-62,70H,2-3,11-15,17-33,36H2,1,5H3/t37-,43-,45+,46-,47+,48+,49+,50+,51-,52+,53-,57-,58+,59+,60+,61-,62+,63+/m1/s1. The average Bonchev–Trinajstić information content (AvgIpc) is 1.56. The number of aliphatic hydroxyl groups excluding tert-OH is 1. The molecule has 8 fully saturated rings. The molecule has 0 saturated carbocycles. The van der Waals surface area contributed by atoms with Crippen LogP contribution in [0.2, 0.25) is 0 Å². The zero-order valence-corrected chi connectivity index (χ0v) is 50.9. The zero-order chi connectivity index (χ0) is 61.5. The maximum absolute atomic E-state index is 14.5. The number of aliphatic hydroxyl groups is 1. The van der Waals surface area contributed by atoms with Gasteiger partial charge in [-0.2, -0.15) is 8.42 Å². The number of benzene rings is 1. The molecule has 0 radical (unpaired) electrons. The summed E-state index contributed by atoms with van der Waals surface area (Å²) in [6, 6.07) is 9.13. The topological polar surface area (TPSA) is 278 Å². The molecule has 10 aliphatic heterocycles. The van der Waals surface area contributed by atoms with E-state index in [9.17, 15) is 23.1 Å². The third kappa shape index (κ3) is 14.8. The Hall–Kier alpha value is -5.40. The fourth-order valence-corrected chi connectivity index (χ4v) is 15.4. The zero-order valence-electron chi connectivity index (χ0n) is 50.1. The van der Waals surface area contributed by atoms with Crippen LogP contribution in [-0.2, 0) is 87.8 Å². The molecule has 88 heavy (non-hydrogen) atoms. The molecule has 0 aliphatic carbocycles. The van der Waals surface area contributed by atoms with Crippen LogP contribution in [0.1, 0.15) is 102 Å². The predicted octanol–water partition coefficient (Wildman–Crippen LogP) is 7.63. The number of hydrogen-bond acceptors (Lipinski definition) is 20. The van der Waals surface area contributed by atoms with Crippen LogP contribution in [0, 0.1) is 18.4 Å². The third-order valence-corrected chi connectivity index (χ3v) is 20.3. The normalized spacial score (nSPS) is 34.6. The summed E-state index contributed by atoms with van der Waals surface area (Å²) in [5.74, 6) is -1.04. The van der Waals surface area contributed by atoms with Gasteiger partial charge in [0.05, 0.1) is 119 Å². The first kappa shape index (κ1) is 64.1. The Balaban J connectivity index is 0.709. The number of ether oxygens (including phenoxy) is 13. The van der Waals surface area contributed by atoms with Crippen LogP contribution in [0.3, 0.4) is 0 Å². The number of aromatic nitrogens is 1. The van der Waals surface area contributed by atoms with E-state index in [1.54, 1.807) is 31.4 Å². The van der Waals surface area contributed by atoms with Crippen LogP contribution in [0.4, 0.5) is 11.4 Å². The van der Waals surface area contributed by atoms with Crippen LogP contribution in [0.5, 0.6) is 0 Å². The van der Waals surface area contributed by atoms with E-state index >= 15 is 0 Å². The van der Waals surface area contributed by atoms with E-state index in [4.69, 9.17) is 73.7 Å². The van der Waals surface area contributed by atoms with E-state index < -0.39 is 70.4 Å². The van der Waals surface area contributed by atoms with Gasteiger partial charge in [0, 0.05) is 75.3 Å². The van der Waals surface area contributed by atoms with E-state index in [-0.39, 0.29) is 149 Å². The molecule has 1 aromatic carbocycles. The largest absolute Gasteiger partial charge is 0.486 e. The van der Waals surface area contributed by atoms with E-state index in [1.165, 1.54) is 18.3 Å². The summed E-state index contributed by atoms with van der Waals surface area (Å²) in [6.45, 7) is 19.7. The van der Waals surface area contributed by atoms with Gasteiger partial charge >= 0.3 is 5.97 Å². The summed E-state index contributed by atoms with van der Waals surface area (Å²) in [4.78, 5) is 37.8. The first-order valence-electron chi connectivity index (χ1n) is 31.1. The highest BCUT2D eigenvalue weighted by Crippen LogP contribution is 2.53. The number of fused-ring (bicyclic) bond motifs is 6. The Labute approximate surface area is 513 Å². The van der Waals surface area contributed by atoms with Crippen LogP contribution >= 0.6 is 0 Å². The minimum atomic E-state index is -4.22. The first-order chi connectivity index (χ1) is 42.6. The summed E-state index contributed by atoms with van der Waals surface area (Å²) in [6.07, 6.45) is 3.80. The summed E-state index contributed by atoms with van der Waals surface area (Å²) in [7, 11) is -2.62. The Morgan fingerprint density at radius 2 is 1.62 bits per heavy atom. The average molecular weight is 1240 g/mol. The second-order valence-electron chi connectivity index (χ2n) is 24.5. The van der Waals surface area contributed by atoms with Gasteiger partial charge in [-0.05, 0) is 97.7 Å². The van der Waals surface area contributed by atoms with Crippen molar-refractivity contribution in [3.8, 4) is 0 Å². The molecule has 11 heterocycles. The fraction of sp³-hybridized carbons (Fsp3) is 0.683. The van der Waals surface area contributed by atoms with Crippen molar-refractivity contribution >= 4 is 33.2 Å². The third-order valence-electron chi connectivity index (χ3n) is 18.6. The molecule has 1 aromatic heterocycles. The molecule has 1 spiro atoms. The second-order valence-corrected chi connectivity index (χ2v) is 26.3. The van der Waals surface area contributed by atoms with Crippen molar-refractivity contribution in [1.82, 2.24) is 4.98 Å². The quantitative estimate of drug-likeness (QED) is 0.0213. The molecule has 18 atom stereocenters. The molecule has 478 valence electrons. The molecule has 25 heteroatoms. The summed E-state index contributed by atoms with van der Waals surface area (Å²) in [5.41, 5.74) is 11.5. The van der Waals surface area contributed by atoms with Gasteiger partial charge in [-0.1, -0.05) is 43.4 Å². The number of ketones is 1. The lowest BCUT2D eigenvalue weighted by Crippen LogP contribution is -2.61. The van der Waals surface area contributed by atoms with E-state index in [0.29, 0.717) is 56.6 Å². The number of anilines is 1. The number of azide groups is 1. The Morgan fingerprint density at radius 1 is 0.864 bits per heavy atom. The number of nitrogens with zero attached hydrogens (tertiary/aromatic N) is 6. The number of hydrogen-bond donors (Lipinski definition) is 1. The van der Waals surface area contributed by atoms with E-state index in [0.717, 1.165) is 46.9 Å². The molecule has 12 bridgehead atoms. The molecule has 2 aromatic rings. The van der Waals surface area contributed by atoms with Crippen molar-refractivity contribution in [2.45, 2.75) is 206 Å². The van der Waals surface area contributed by atoms with Gasteiger partial charge < -0.3 is 66.7 Å². The van der Waals surface area contributed by atoms with Crippen molar-refractivity contribution in [1.29, 1.82) is 0 Å².